The van der Waals surface area contributed by atoms with E-state index in [4.69, 9.17) is 9.72 Å². The summed E-state index contributed by atoms with van der Waals surface area (Å²) in [6.07, 6.45) is 1.31. The molecule has 0 spiro atoms. The summed E-state index contributed by atoms with van der Waals surface area (Å²) in [7, 11) is 1.29. The molecule has 2 aromatic heterocycles. The summed E-state index contributed by atoms with van der Waals surface area (Å²) < 4.78 is 19.8. The molecule has 0 aliphatic rings. The van der Waals surface area contributed by atoms with Gasteiger partial charge in [-0.3, -0.25) is 18.8 Å². The van der Waals surface area contributed by atoms with E-state index in [1.54, 1.807) is 22.7 Å². The molecule has 37 heavy (non-hydrogen) atoms. The van der Waals surface area contributed by atoms with Crippen LogP contribution in [0.1, 0.15) is 33.9 Å². The Morgan fingerprint density at radius 2 is 1.81 bits per heavy atom. The number of nitrogens with one attached hydrogen (secondary N) is 2. The van der Waals surface area contributed by atoms with Crippen molar-refractivity contribution in [2.45, 2.75) is 19.4 Å². The van der Waals surface area contributed by atoms with Crippen LogP contribution in [0.25, 0.3) is 16.9 Å². The zero-order valence-electron chi connectivity index (χ0n) is 20.2. The number of nitrogens with zero attached hydrogens (tertiary/aromatic N) is 2. The summed E-state index contributed by atoms with van der Waals surface area (Å²) in [5, 5.41) is 15.2. The van der Waals surface area contributed by atoms with Gasteiger partial charge in [0.2, 0.25) is 0 Å². The first kappa shape index (κ1) is 25.4. The molecular formula is C27H25FN4O5. The zero-order chi connectivity index (χ0) is 26.5. The average molecular weight is 505 g/mol. The lowest BCUT2D eigenvalue weighted by Gasteiger charge is -2.18. The molecular weight excluding hydrogens is 479 g/mol. The maximum absolute atomic E-state index is 13.4. The number of aromatic nitrogens is 2. The third kappa shape index (κ3) is 5.58. The van der Waals surface area contributed by atoms with E-state index < -0.39 is 36.1 Å². The Morgan fingerprint density at radius 1 is 1.08 bits per heavy atom. The van der Waals surface area contributed by atoms with Crippen LogP contribution in [-0.2, 0) is 14.3 Å². The van der Waals surface area contributed by atoms with Crippen LogP contribution in [0.2, 0.25) is 0 Å². The molecule has 190 valence electrons. The lowest BCUT2D eigenvalue weighted by atomic mass is 10.0. The number of methoxy groups -OCH3 is 1. The first-order chi connectivity index (χ1) is 17.8. The molecule has 0 aliphatic carbocycles. The summed E-state index contributed by atoms with van der Waals surface area (Å²) in [5.74, 6) is -2.13. The number of anilines is 1. The largest absolute Gasteiger partial charge is 0.481 e. The van der Waals surface area contributed by atoms with Gasteiger partial charge in [-0.25, -0.2) is 9.37 Å². The van der Waals surface area contributed by atoms with E-state index in [1.807, 2.05) is 31.2 Å². The number of esters is 1. The number of fused-ring (bicyclic) bond motifs is 1. The first-order valence-corrected chi connectivity index (χ1v) is 11.4. The molecule has 4 aromatic rings. The number of aryl methyl sites for hydroxylation is 1. The number of imidazole rings is 1. The SMILES string of the molecule is COC(=O)CNc1c(-c2ccccc2C)nc2c(C(=O)NC(CC(=O)O)c3ccc(F)cc3)cccn12. The van der Waals surface area contributed by atoms with Gasteiger partial charge in [-0.05, 0) is 42.3 Å². The predicted octanol–water partition coefficient (Wildman–Crippen LogP) is 3.98. The van der Waals surface area contributed by atoms with Crippen molar-refractivity contribution in [3.63, 3.8) is 0 Å². The van der Waals surface area contributed by atoms with E-state index in [9.17, 15) is 23.9 Å². The van der Waals surface area contributed by atoms with Crippen LogP contribution >= 0.6 is 0 Å². The fourth-order valence-electron chi connectivity index (χ4n) is 4.03. The number of pyridine rings is 1. The van der Waals surface area contributed by atoms with E-state index in [0.29, 0.717) is 22.7 Å². The van der Waals surface area contributed by atoms with E-state index in [0.717, 1.165) is 11.1 Å². The maximum atomic E-state index is 13.4. The zero-order valence-corrected chi connectivity index (χ0v) is 20.2. The van der Waals surface area contributed by atoms with Crippen molar-refractivity contribution in [2.24, 2.45) is 0 Å². The molecule has 1 atom stereocenters. The minimum absolute atomic E-state index is 0.120. The number of carbonyl (C=O) groups excluding carboxylic acids is 2. The quantitative estimate of drug-likeness (QED) is 0.295. The highest BCUT2D eigenvalue weighted by Crippen LogP contribution is 2.32. The fourth-order valence-corrected chi connectivity index (χ4v) is 4.03. The molecule has 3 N–H and O–H groups in total. The van der Waals surface area contributed by atoms with Gasteiger partial charge in [0, 0.05) is 11.8 Å². The molecule has 10 heteroatoms. The van der Waals surface area contributed by atoms with Crippen molar-refractivity contribution in [1.82, 2.24) is 14.7 Å². The Bertz CT molecular complexity index is 1470. The van der Waals surface area contributed by atoms with Crippen molar-refractivity contribution in [2.75, 3.05) is 19.0 Å². The molecule has 0 saturated carbocycles. The van der Waals surface area contributed by atoms with E-state index in [1.165, 1.54) is 31.4 Å². The molecule has 1 amide bonds. The number of benzene rings is 2. The van der Waals surface area contributed by atoms with Gasteiger partial charge in [-0.2, -0.15) is 0 Å². The van der Waals surface area contributed by atoms with Crippen molar-refractivity contribution in [3.05, 3.63) is 89.4 Å². The number of carbonyl (C=O) groups is 3. The predicted molar refractivity (Wildman–Crippen MR) is 135 cm³/mol. The number of halogens is 1. The lowest BCUT2D eigenvalue weighted by Crippen LogP contribution is -2.30. The Kier molecular flexibility index (Phi) is 7.47. The second-order valence-electron chi connectivity index (χ2n) is 8.34. The molecule has 4 rings (SSSR count). The van der Waals surface area contributed by atoms with Gasteiger partial charge in [0.25, 0.3) is 5.91 Å². The topological polar surface area (TPSA) is 122 Å². The van der Waals surface area contributed by atoms with Crippen LogP contribution in [0, 0.1) is 12.7 Å². The maximum Gasteiger partial charge on any atom is 0.325 e. The summed E-state index contributed by atoms with van der Waals surface area (Å²) in [5.41, 5.74) is 3.23. The van der Waals surface area contributed by atoms with Crippen molar-refractivity contribution in [3.8, 4) is 11.3 Å². The molecule has 0 fully saturated rings. The Labute approximate surface area is 211 Å². The lowest BCUT2D eigenvalue weighted by molar-refractivity contribution is -0.139. The number of rotatable bonds is 9. The Morgan fingerprint density at radius 3 is 2.49 bits per heavy atom. The highest BCUT2D eigenvalue weighted by molar-refractivity contribution is 6.01. The number of aliphatic carboxylic acids is 1. The van der Waals surface area contributed by atoms with Crippen LogP contribution < -0.4 is 10.6 Å². The van der Waals surface area contributed by atoms with Crippen LogP contribution in [-0.4, -0.2) is 46.0 Å². The molecule has 0 bridgehead atoms. The number of hydrogen-bond donors (Lipinski definition) is 3. The second-order valence-corrected chi connectivity index (χ2v) is 8.34. The third-order valence-corrected chi connectivity index (χ3v) is 5.88. The number of hydrogen-bond acceptors (Lipinski definition) is 6. The van der Waals surface area contributed by atoms with Gasteiger partial charge < -0.3 is 20.5 Å². The average Bonchev–Trinajstić information content (AvgIpc) is 3.25. The third-order valence-electron chi connectivity index (χ3n) is 5.88. The summed E-state index contributed by atoms with van der Waals surface area (Å²) in [6.45, 7) is 1.81. The molecule has 0 aliphatic heterocycles. The molecule has 2 heterocycles. The fraction of sp³-hybridized carbons (Fsp3) is 0.185. The van der Waals surface area contributed by atoms with Gasteiger partial charge >= 0.3 is 11.9 Å². The van der Waals surface area contributed by atoms with Crippen LogP contribution in [0.4, 0.5) is 10.2 Å². The van der Waals surface area contributed by atoms with Gasteiger partial charge in [0.15, 0.2) is 5.65 Å². The number of amides is 1. The van der Waals surface area contributed by atoms with Gasteiger partial charge in [-0.15, -0.1) is 0 Å². The normalized spacial score (nSPS) is 11.6. The molecule has 2 aromatic carbocycles. The molecule has 9 nitrogen and oxygen atoms in total. The van der Waals surface area contributed by atoms with Gasteiger partial charge in [0.05, 0.1) is 25.1 Å². The van der Waals surface area contributed by atoms with Crippen LogP contribution in [0.3, 0.4) is 0 Å². The van der Waals surface area contributed by atoms with E-state index >= 15 is 0 Å². The summed E-state index contributed by atoms with van der Waals surface area (Å²) in [6, 6.07) is 15.2. The monoisotopic (exact) mass is 504 g/mol. The summed E-state index contributed by atoms with van der Waals surface area (Å²) >= 11 is 0. The Balaban J connectivity index is 1.77. The van der Waals surface area contributed by atoms with Crippen molar-refractivity contribution >= 4 is 29.3 Å². The molecule has 0 radical (unpaired) electrons. The number of carboxylic acids is 1. The minimum Gasteiger partial charge on any atom is -0.481 e. The standard InChI is InChI=1S/C27H25FN4O5/c1-16-6-3-4-7-19(16)24-26(29-15-23(35)37-2)32-13-5-8-20(25(32)31-24)27(36)30-21(14-22(33)34)17-9-11-18(28)12-10-17/h3-13,21,29H,14-15H2,1-2H3,(H,30,36)(H,33,34). The van der Waals surface area contributed by atoms with E-state index in [-0.39, 0.29) is 12.1 Å². The highest BCUT2D eigenvalue weighted by Gasteiger charge is 2.24. The number of carboxylic acid groups (broad SMARTS) is 1. The first-order valence-electron chi connectivity index (χ1n) is 11.4. The van der Waals surface area contributed by atoms with Crippen molar-refractivity contribution in [1.29, 1.82) is 0 Å². The Hall–Kier alpha value is -4.73. The summed E-state index contributed by atoms with van der Waals surface area (Å²) in [4.78, 5) is 41.5. The minimum atomic E-state index is -1.12. The molecule has 1 unspecified atom stereocenters. The second kappa shape index (κ2) is 10.9. The number of ether oxygens (including phenoxy) is 1. The van der Waals surface area contributed by atoms with Crippen LogP contribution in [0.15, 0.2) is 66.9 Å². The smallest absolute Gasteiger partial charge is 0.325 e. The van der Waals surface area contributed by atoms with Gasteiger partial charge in [-0.1, -0.05) is 36.4 Å². The van der Waals surface area contributed by atoms with Crippen LogP contribution in [0.5, 0.6) is 0 Å². The highest BCUT2D eigenvalue weighted by atomic mass is 19.1. The molecule has 0 saturated heterocycles. The van der Waals surface area contributed by atoms with Gasteiger partial charge in [0.1, 0.15) is 23.9 Å². The van der Waals surface area contributed by atoms with E-state index in [2.05, 4.69) is 10.6 Å². The van der Waals surface area contributed by atoms with Crippen molar-refractivity contribution < 1.29 is 28.6 Å².